The average molecular weight is 509 g/mol. The first-order valence-corrected chi connectivity index (χ1v) is 11.4. The molecule has 1 atom stereocenters. The molecule has 4 heterocycles. The molecule has 168 valence electrons. The summed E-state index contributed by atoms with van der Waals surface area (Å²) in [6.45, 7) is 2.75. The van der Waals surface area contributed by atoms with Gasteiger partial charge in [0.05, 0.1) is 24.8 Å². The highest BCUT2D eigenvalue weighted by atomic mass is 79.9. The molecule has 0 saturated carbocycles. The molecule has 0 radical (unpaired) electrons. The van der Waals surface area contributed by atoms with Crippen molar-refractivity contribution in [1.29, 1.82) is 0 Å². The van der Waals surface area contributed by atoms with E-state index in [0.717, 1.165) is 52.3 Å². The molecule has 7 nitrogen and oxygen atoms in total. The summed E-state index contributed by atoms with van der Waals surface area (Å²) in [6.07, 6.45) is 9.31. The molecule has 1 aromatic carbocycles. The summed E-state index contributed by atoms with van der Waals surface area (Å²) in [5.41, 5.74) is 3.50. The molecular formula is C24H22BrFN6O. The summed E-state index contributed by atoms with van der Waals surface area (Å²) in [4.78, 5) is 13.6. The zero-order valence-electron chi connectivity index (χ0n) is 18.2. The van der Waals surface area contributed by atoms with E-state index in [9.17, 15) is 4.39 Å². The van der Waals surface area contributed by atoms with Crippen molar-refractivity contribution < 1.29 is 9.13 Å². The van der Waals surface area contributed by atoms with Gasteiger partial charge in [0.1, 0.15) is 17.3 Å². The van der Waals surface area contributed by atoms with Gasteiger partial charge < -0.3 is 9.30 Å². The molecule has 0 unspecified atom stereocenters. The van der Waals surface area contributed by atoms with Crippen LogP contribution in [0.15, 0.2) is 47.3 Å². The van der Waals surface area contributed by atoms with E-state index in [0.29, 0.717) is 11.7 Å². The van der Waals surface area contributed by atoms with E-state index >= 15 is 0 Å². The van der Waals surface area contributed by atoms with E-state index in [1.165, 1.54) is 12.1 Å². The third-order valence-electron chi connectivity index (χ3n) is 5.68. The molecule has 9 heteroatoms. The fourth-order valence-electron chi connectivity index (χ4n) is 4.12. The van der Waals surface area contributed by atoms with Crippen molar-refractivity contribution >= 4 is 28.1 Å². The predicted octanol–water partition coefficient (Wildman–Crippen LogP) is 5.17. The van der Waals surface area contributed by atoms with Crippen molar-refractivity contribution in [2.75, 3.05) is 7.11 Å². The van der Waals surface area contributed by atoms with E-state index in [-0.39, 0.29) is 11.7 Å². The summed E-state index contributed by atoms with van der Waals surface area (Å²) >= 11 is 3.50. The Morgan fingerprint density at radius 2 is 2.06 bits per heavy atom. The van der Waals surface area contributed by atoms with Crippen LogP contribution in [-0.4, -0.2) is 36.4 Å². The van der Waals surface area contributed by atoms with Gasteiger partial charge in [0, 0.05) is 23.1 Å². The number of nitrogens with zero attached hydrogens (tertiary/aromatic N) is 6. The van der Waals surface area contributed by atoms with Crippen molar-refractivity contribution in [3.63, 3.8) is 0 Å². The fourth-order valence-corrected chi connectivity index (χ4v) is 4.75. The van der Waals surface area contributed by atoms with Crippen LogP contribution in [0.4, 0.5) is 4.39 Å². The maximum atomic E-state index is 13.6. The van der Waals surface area contributed by atoms with Gasteiger partial charge in [0.15, 0.2) is 5.82 Å². The highest BCUT2D eigenvalue weighted by Gasteiger charge is 2.27. The molecule has 0 bridgehead atoms. The fraction of sp³-hybridized carbons (Fsp3) is 0.250. The first kappa shape index (κ1) is 21.5. The number of benzene rings is 1. The molecule has 0 aliphatic carbocycles. The van der Waals surface area contributed by atoms with Crippen molar-refractivity contribution in [3.05, 3.63) is 81.7 Å². The van der Waals surface area contributed by atoms with Crippen molar-refractivity contribution in [2.45, 2.75) is 32.2 Å². The molecule has 1 aliphatic heterocycles. The number of hydrogen-bond donors (Lipinski definition) is 0. The third kappa shape index (κ3) is 4.32. The maximum Gasteiger partial charge on any atom is 0.238 e. The van der Waals surface area contributed by atoms with E-state index in [1.807, 2.05) is 52.7 Å². The van der Waals surface area contributed by atoms with Gasteiger partial charge in [-0.15, -0.1) is 0 Å². The molecule has 0 spiro atoms. The first-order valence-electron chi connectivity index (χ1n) is 10.7. The number of aryl methyl sites for hydroxylation is 2. The molecule has 5 rings (SSSR count). The van der Waals surface area contributed by atoms with Gasteiger partial charge in [-0.3, -0.25) is 0 Å². The van der Waals surface area contributed by atoms with E-state index < -0.39 is 0 Å². The predicted molar refractivity (Wildman–Crippen MR) is 127 cm³/mol. The number of halogens is 2. The summed E-state index contributed by atoms with van der Waals surface area (Å²) in [7, 11) is 1.60. The van der Waals surface area contributed by atoms with Crippen LogP contribution < -0.4 is 4.74 Å². The standard InChI is InChI=1S/C24H22BrFN6O/c1-15-13-31(14-27-15)21-9-6-17(28-24(21)33-2)7-10-22-29-23-19(4-3-11-32(23)30-22)18-8-5-16(26)12-20(18)25/h5-10,12-14,19H,3-4,11H2,1-2H3/b10-7+/t19-/m0/s1. The Morgan fingerprint density at radius 1 is 1.18 bits per heavy atom. The molecule has 0 fully saturated rings. The van der Waals surface area contributed by atoms with Crippen LogP contribution in [-0.2, 0) is 6.54 Å². The van der Waals surface area contributed by atoms with Gasteiger partial charge >= 0.3 is 0 Å². The lowest BCUT2D eigenvalue weighted by molar-refractivity contribution is 0.395. The quantitative estimate of drug-likeness (QED) is 0.371. The monoisotopic (exact) mass is 508 g/mol. The average Bonchev–Trinajstić information content (AvgIpc) is 3.43. The number of hydrogen-bond acceptors (Lipinski definition) is 5. The Balaban J connectivity index is 1.42. The third-order valence-corrected chi connectivity index (χ3v) is 6.36. The molecule has 4 aromatic rings. The van der Waals surface area contributed by atoms with Crippen LogP contribution in [0.2, 0.25) is 0 Å². The van der Waals surface area contributed by atoms with Crippen LogP contribution in [0, 0.1) is 12.7 Å². The number of ether oxygens (including phenoxy) is 1. The van der Waals surface area contributed by atoms with E-state index in [4.69, 9.17) is 9.72 Å². The largest absolute Gasteiger partial charge is 0.479 e. The Labute approximate surface area is 199 Å². The lowest BCUT2D eigenvalue weighted by Crippen LogP contribution is -2.18. The SMILES string of the molecule is COc1nc(/C=C/c2nc3n(n2)CCC[C@H]3c2ccc(F)cc2Br)ccc1-n1cnc(C)c1. The minimum Gasteiger partial charge on any atom is -0.479 e. The minimum absolute atomic E-state index is 0.0690. The molecule has 0 saturated heterocycles. The molecule has 3 aromatic heterocycles. The van der Waals surface area contributed by atoms with E-state index in [2.05, 4.69) is 31.0 Å². The molecule has 33 heavy (non-hydrogen) atoms. The highest BCUT2D eigenvalue weighted by molar-refractivity contribution is 9.10. The zero-order valence-corrected chi connectivity index (χ0v) is 19.8. The number of rotatable bonds is 5. The van der Waals surface area contributed by atoms with Crippen molar-refractivity contribution in [2.24, 2.45) is 0 Å². The summed E-state index contributed by atoms with van der Waals surface area (Å²) < 4.78 is 23.6. The molecule has 0 amide bonds. The van der Waals surface area contributed by atoms with Crippen LogP contribution >= 0.6 is 15.9 Å². The molecule has 1 aliphatic rings. The van der Waals surface area contributed by atoms with Crippen LogP contribution in [0.25, 0.3) is 17.8 Å². The normalized spacial score (nSPS) is 15.7. The highest BCUT2D eigenvalue weighted by Crippen LogP contribution is 2.36. The van der Waals surface area contributed by atoms with Crippen LogP contribution in [0.3, 0.4) is 0 Å². The number of aromatic nitrogens is 6. The van der Waals surface area contributed by atoms with Gasteiger partial charge in [-0.25, -0.2) is 24.0 Å². The number of methoxy groups -OCH3 is 1. The lowest BCUT2D eigenvalue weighted by atomic mass is 9.91. The lowest BCUT2D eigenvalue weighted by Gasteiger charge is -2.23. The molecular weight excluding hydrogens is 487 g/mol. The summed E-state index contributed by atoms with van der Waals surface area (Å²) in [5.74, 6) is 1.82. The molecule has 0 N–H and O–H groups in total. The number of pyridine rings is 1. The van der Waals surface area contributed by atoms with Crippen LogP contribution in [0.1, 0.15) is 47.4 Å². The topological polar surface area (TPSA) is 70.7 Å². The van der Waals surface area contributed by atoms with Crippen molar-refractivity contribution in [1.82, 2.24) is 29.3 Å². The van der Waals surface area contributed by atoms with Gasteiger partial charge in [-0.05, 0) is 61.7 Å². The Bertz CT molecular complexity index is 1340. The van der Waals surface area contributed by atoms with Gasteiger partial charge in [0.2, 0.25) is 5.88 Å². The summed E-state index contributed by atoms with van der Waals surface area (Å²) in [6, 6.07) is 8.67. The smallest absolute Gasteiger partial charge is 0.238 e. The first-order chi connectivity index (χ1) is 16.0. The minimum atomic E-state index is -0.261. The number of fused-ring (bicyclic) bond motifs is 1. The zero-order chi connectivity index (χ0) is 22.9. The second-order valence-electron chi connectivity index (χ2n) is 7.93. The van der Waals surface area contributed by atoms with E-state index in [1.54, 1.807) is 13.4 Å². The Morgan fingerprint density at radius 3 is 2.82 bits per heavy atom. The second-order valence-corrected chi connectivity index (χ2v) is 8.79. The Hall–Kier alpha value is -3.33. The Kier molecular flexibility index (Phi) is 5.80. The van der Waals surface area contributed by atoms with Gasteiger partial charge in [-0.1, -0.05) is 22.0 Å². The van der Waals surface area contributed by atoms with Gasteiger partial charge in [0.25, 0.3) is 0 Å². The van der Waals surface area contributed by atoms with Crippen molar-refractivity contribution in [3.8, 4) is 11.6 Å². The second kappa shape index (κ2) is 8.90. The van der Waals surface area contributed by atoms with Crippen LogP contribution in [0.5, 0.6) is 5.88 Å². The summed E-state index contributed by atoms with van der Waals surface area (Å²) in [5, 5.41) is 4.66. The number of imidazole rings is 1. The van der Waals surface area contributed by atoms with Gasteiger partial charge in [-0.2, -0.15) is 5.10 Å². The maximum absolute atomic E-state index is 13.6.